The molecule has 30 heavy (non-hydrogen) atoms. The second-order valence-electron chi connectivity index (χ2n) is 6.83. The van der Waals surface area contributed by atoms with Crippen molar-refractivity contribution in [1.29, 1.82) is 0 Å². The highest BCUT2D eigenvalue weighted by atomic mass is 35.5. The van der Waals surface area contributed by atoms with Gasteiger partial charge in [-0.2, -0.15) is 0 Å². The molecule has 158 valence electrons. The van der Waals surface area contributed by atoms with E-state index in [9.17, 15) is 10.1 Å². The van der Waals surface area contributed by atoms with Gasteiger partial charge < -0.3 is 4.74 Å². The first-order valence-corrected chi connectivity index (χ1v) is 10.5. The van der Waals surface area contributed by atoms with Crippen LogP contribution < -0.4 is 4.74 Å². The molecular weight excluding hydrogens is 426 g/mol. The maximum absolute atomic E-state index is 11.2. The zero-order chi connectivity index (χ0) is 21.8. The Morgan fingerprint density at radius 1 is 1.23 bits per heavy atom. The highest BCUT2D eigenvalue weighted by Crippen LogP contribution is 2.33. The summed E-state index contributed by atoms with van der Waals surface area (Å²) < 4.78 is 7.35. The molecule has 3 rings (SSSR count). The molecule has 0 amide bonds. The predicted molar refractivity (Wildman–Crippen MR) is 118 cm³/mol. The molecular formula is C20H22ClN5O3S. The van der Waals surface area contributed by atoms with Gasteiger partial charge in [-0.05, 0) is 51.4 Å². The molecule has 3 aromatic rings. The highest BCUT2D eigenvalue weighted by molar-refractivity contribution is 7.98. The van der Waals surface area contributed by atoms with Gasteiger partial charge in [-0.25, -0.2) is 0 Å². The second kappa shape index (κ2) is 9.46. The maximum Gasteiger partial charge on any atom is 0.270 e. The predicted octanol–water partition coefficient (Wildman–Crippen LogP) is 4.75. The molecule has 0 aliphatic heterocycles. The summed E-state index contributed by atoms with van der Waals surface area (Å²) in [7, 11) is 5.50. The van der Waals surface area contributed by atoms with Crippen LogP contribution in [0.5, 0.6) is 5.75 Å². The third-order valence-electron chi connectivity index (χ3n) is 4.72. The van der Waals surface area contributed by atoms with Crippen molar-refractivity contribution >= 4 is 29.1 Å². The minimum atomic E-state index is -0.416. The fraction of sp³-hybridized carbons (Fsp3) is 0.300. The zero-order valence-corrected chi connectivity index (χ0v) is 18.6. The van der Waals surface area contributed by atoms with E-state index >= 15 is 0 Å². The van der Waals surface area contributed by atoms with Crippen molar-refractivity contribution in [1.82, 2.24) is 19.7 Å². The summed E-state index contributed by atoms with van der Waals surface area (Å²) in [4.78, 5) is 12.8. The van der Waals surface area contributed by atoms with Gasteiger partial charge in [-0.1, -0.05) is 23.4 Å². The lowest BCUT2D eigenvalue weighted by Gasteiger charge is -2.20. The topological polar surface area (TPSA) is 86.3 Å². The van der Waals surface area contributed by atoms with Gasteiger partial charge in [-0.3, -0.25) is 19.6 Å². The van der Waals surface area contributed by atoms with Crippen LogP contribution in [-0.2, 0) is 5.75 Å². The maximum atomic E-state index is 11.2. The van der Waals surface area contributed by atoms with Crippen molar-refractivity contribution in [3.63, 3.8) is 0 Å². The van der Waals surface area contributed by atoms with Crippen molar-refractivity contribution in [3.8, 4) is 11.4 Å². The van der Waals surface area contributed by atoms with Crippen LogP contribution in [-0.4, -0.2) is 45.8 Å². The first kappa shape index (κ1) is 22.1. The molecule has 0 N–H and O–H groups in total. The lowest BCUT2D eigenvalue weighted by Crippen LogP contribution is -2.20. The van der Waals surface area contributed by atoms with Crippen LogP contribution in [0.25, 0.3) is 5.69 Å². The van der Waals surface area contributed by atoms with Gasteiger partial charge in [0.15, 0.2) is 11.0 Å². The fourth-order valence-electron chi connectivity index (χ4n) is 2.84. The number of thioether (sulfide) groups is 1. The van der Waals surface area contributed by atoms with E-state index in [0.717, 1.165) is 11.5 Å². The number of nitro groups is 1. The number of ether oxygens (including phenoxy) is 1. The Hall–Kier alpha value is -2.62. The van der Waals surface area contributed by atoms with E-state index in [1.807, 2.05) is 42.9 Å². The molecule has 1 unspecified atom stereocenters. The molecule has 10 heteroatoms. The molecule has 8 nitrogen and oxygen atoms in total. The van der Waals surface area contributed by atoms with Crippen molar-refractivity contribution in [2.24, 2.45) is 0 Å². The minimum Gasteiger partial charge on any atom is -0.496 e. The number of nitro benzene ring substituents is 1. The Labute approximate surface area is 184 Å². The summed E-state index contributed by atoms with van der Waals surface area (Å²) in [6.45, 7) is 2.05. The largest absolute Gasteiger partial charge is 0.496 e. The third-order valence-corrected chi connectivity index (χ3v) is 5.95. The van der Waals surface area contributed by atoms with Gasteiger partial charge in [0.25, 0.3) is 5.69 Å². The van der Waals surface area contributed by atoms with E-state index in [2.05, 4.69) is 22.0 Å². The molecule has 1 atom stereocenters. The number of hydrogen-bond donors (Lipinski definition) is 0. The molecule has 0 saturated carbocycles. The van der Waals surface area contributed by atoms with Crippen LogP contribution in [0.15, 0.2) is 47.6 Å². The number of non-ortho nitro benzene ring substituents is 1. The van der Waals surface area contributed by atoms with Crippen LogP contribution in [0.3, 0.4) is 0 Å². The first-order valence-electron chi connectivity index (χ1n) is 9.13. The average molecular weight is 448 g/mol. The molecule has 0 fully saturated rings. The van der Waals surface area contributed by atoms with Crippen LogP contribution in [0, 0.1) is 10.1 Å². The molecule has 1 aromatic heterocycles. The molecule has 0 saturated heterocycles. The van der Waals surface area contributed by atoms with Crippen LogP contribution in [0.1, 0.15) is 24.4 Å². The average Bonchev–Trinajstić information content (AvgIpc) is 3.15. The zero-order valence-electron chi connectivity index (χ0n) is 17.1. The highest BCUT2D eigenvalue weighted by Gasteiger charge is 2.21. The Balaban J connectivity index is 1.98. The third kappa shape index (κ3) is 4.75. The lowest BCUT2D eigenvalue weighted by atomic mass is 10.2. The van der Waals surface area contributed by atoms with Crippen molar-refractivity contribution in [2.75, 3.05) is 21.2 Å². The van der Waals surface area contributed by atoms with Gasteiger partial charge in [0, 0.05) is 34.2 Å². The lowest BCUT2D eigenvalue weighted by molar-refractivity contribution is -0.384. The summed E-state index contributed by atoms with van der Waals surface area (Å²) in [5, 5.41) is 21.3. The summed E-state index contributed by atoms with van der Waals surface area (Å²) in [6.07, 6.45) is 0. The summed E-state index contributed by atoms with van der Waals surface area (Å²) >= 11 is 7.49. The molecule has 2 aromatic carbocycles. The number of rotatable bonds is 8. The fourth-order valence-corrected chi connectivity index (χ4v) is 3.91. The molecule has 0 aliphatic rings. The smallest absolute Gasteiger partial charge is 0.270 e. The van der Waals surface area contributed by atoms with Crippen LogP contribution in [0.2, 0.25) is 5.02 Å². The summed E-state index contributed by atoms with van der Waals surface area (Å²) in [5.41, 5.74) is 1.62. The second-order valence-corrected chi connectivity index (χ2v) is 8.21. The van der Waals surface area contributed by atoms with Crippen molar-refractivity contribution in [2.45, 2.75) is 23.9 Å². The molecule has 0 bridgehead atoms. The van der Waals surface area contributed by atoms with Gasteiger partial charge in [-0.15, -0.1) is 10.2 Å². The molecule has 1 heterocycles. The van der Waals surface area contributed by atoms with Gasteiger partial charge >= 0.3 is 0 Å². The molecule has 0 aliphatic carbocycles. The number of methoxy groups -OCH3 is 1. The van der Waals surface area contributed by atoms with Crippen LogP contribution in [0.4, 0.5) is 5.69 Å². The summed E-state index contributed by atoms with van der Waals surface area (Å²) in [5.74, 6) is 1.82. The Bertz CT molecular complexity index is 1040. The standard InChI is InChI=1S/C20H22ClN5O3S/c1-13(24(2)3)19-22-23-20(25(19)16-7-5-15(21)6-8-16)30-12-14-11-17(26(27)28)9-10-18(14)29-4/h5-11,13H,12H2,1-4H3. The Morgan fingerprint density at radius 3 is 2.53 bits per heavy atom. The molecule has 0 radical (unpaired) electrons. The number of hydrogen-bond acceptors (Lipinski definition) is 7. The van der Waals surface area contributed by atoms with Gasteiger partial charge in [0.1, 0.15) is 5.75 Å². The van der Waals surface area contributed by atoms with Gasteiger partial charge in [0.05, 0.1) is 18.1 Å². The van der Waals surface area contributed by atoms with Crippen LogP contribution >= 0.6 is 23.4 Å². The van der Waals surface area contributed by atoms with E-state index < -0.39 is 4.92 Å². The van der Waals surface area contributed by atoms with E-state index in [4.69, 9.17) is 16.3 Å². The van der Waals surface area contributed by atoms with E-state index in [1.165, 1.54) is 23.9 Å². The van der Waals surface area contributed by atoms with Crippen molar-refractivity contribution < 1.29 is 9.66 Å². The first-order chi connectivity index (χ1) is 14.3. The molecule has 0 spiro atoms. The van der Waals surface area contributed by atoms with Crippen molar-refractivity contribution in [3.05, 3.63) is 69.0 Å². The number of aromatic nitrogens is 3. The summed E-state index contributed by atoms with van der Waals surface area (Å²) in [6, 6.07) is 12.0. The normalized spacial score (nSPS) is 12.2. The van der Waals surface area contributed by atoms with E-state index in [-0.39, 0.29) is 11.7 Å². The number of benzene rings is 2. The Kier molecular flexibility index (Phi) is 6.96. The SMILES string of the molecule is COc1ccc([N+](=O)[O-])cc1CSc1nnc(C(C)N(C)C)n1-c1ccc(Cl)cc1. The van der Waals surface area contributed by atoms with E-state index in [0.29, 0.717) is 27.2 Å². The Morgan fingerprint density at radius 2 is 1.93 bits per heavy atom. The van der Waals surface area contributed by atoms with Gasteiger partial charge in [0.2, 0.25) is 0 Å². The quantitative estimate of drug-likeness (QED) is 0.279. The number of halogens is 1. The number of nitrogens with zero attached hydrogens (tertiary/aromatic N) is 5. The monoisotopic (exact) mass is 447 g/mol. The minimum absolute atomic E-state index is 0.0208. The van der Waals surface area contributed by atoms with E-state index in [1.54, 1.807) is 13.2 Å².